The Morgan fingerprint density at radius 2 is 1.59 bits per heavy atom. The smallest absolute Gasteiger partial charge is 0.249 e. The lowest BCUT2D eigenvalue weighted by atomic mass is 10.0. The van der Waals surface area contributed by atoms with Crippen molar-refractivity contribution in [3.63, 3.8) is 0 Å². The van der Waals surface area contributed by atoms with Crippen LogP contribution in [0, 0.1) is 0 Å². The standard InChI is InChI=1S/C27H19Cl2N3O2/c28-18-8-10-19(22(29)13-18)16-7-9-20-24(12-16)32(14-15-3-1-4-17(11-15)26(30)33)23-6-2-5-21(25(20)23)27(31)34/h1-13H,14H2,(H2,30,33)(H2,31,34). The van der Waals surface area contributed by atoms with E-state index in [1.54, 1.807) is 36.4 Å². The third-order valence-electron chi connectivity index (χ3n) is 5.95. The molecule has 4 N–H and O–H groups in total. The van der Waals surface area contributed by atoms with Crippen molar-refractivity contribution in [2.75, 3.05) is 0 Å². The van der Waals surface area contributed by atoms with Gasteiger partial charge in [0, 0.05) is 44.1 Å². The molecule has 0 aliphatic heterocycles. The molecule has 5 rings (SSSR count). The van der Waals surface area contributed by atoms with Crippen LogP contribution in [0.3, 0.4) is 0 Å². The molecule has 5 nitrogen and oxygen atoms in total. The normalized spacial score (nSPS) is 11.2. The van der Waals surface area contributed by atoms with Gasteiger partial charge in [-0.05, 0) is 53.6 Å². The lowest BCUT2D eigenvalue weighted by molar-refractivity contribution is 0.0992. The van der Waals surface area contributed by atoms with Crippen LogP contribution in [0.15, 0.2) is 78.9 Å². The molecule has 1 aromatic heterocycles. The van der Waals surface area contributed by atoms with E-state index in [0.29, 0.717) is 27.7 Å². The van der Waals surface area contributed by atoms with E-state index >= 15 is 0 Å². The predicted octanol–water partition coefficient (Wildman–Crippen LogP) is 6.01. The number of hydrogen-bond acceptors (Lipinski definition) is 2. The summed E-state index contributed by atoms with van der Waals surface area (Å²) in [6, 6.07) is 24.0. The number of hydrogen-bond donors (Lipinski definition) is 2. The van der Waals surface area contributed by atoms with Gasteiger partial charge in [0.15, 0.2) is 0 Å². The zero-order chi connectivity index (χ0) is 24.0. The second kappa shape index (κ2) is 8.52. The van der Waals surface area contributed by atoms with E-state index in [-0.39, 0.29) is 0 Å². The first kappa shape index (κ1) is 22.0. The Morgan fingerprint density at radius 1 is 0.794 bits per heavy atom. The third kappa shape index (κ3) is 3.79. The van der Waals surface area contributed by atoms with Crippen LogP contribution in [0.5, 0.6) is 0 Å². The molecule has 0 atom stereocenters. The first-order valence-corrected chi connectivity index (χ1v) is 11.3. The number of halogens is 2. The second-order valence-electron chi connectivity index (χ2n) is 8.07. The number of benzene rings is 4. The maximum Gasteiger partial charge on any atom is 0.249 e. The van der Waals surface area contributed by atoms with Crippen LogP contribution >= 0.6 is 23.2 Å². The topological polar surface area (TPSA) is 91.1 Å². The van der Waals surface area contributed by atoms with Gasteiger partial charge >= 0.3 is 0 Å². The molecule has 7 heteroatoms. The van der Waals surface area contributed by atoms with Gasteiger partial charge in [-0.2, -0.15) is 0 Å². The summed E-state index contributed by atoms with van der Waals surface area (Å²) >= 11 is 12.6. The quantitative estimate of drug-likeness (QED) is 0.317. The fraction of sp³-hybridized carbons (Fsp3) is 0.0370. The van der Waals surface area contributed by atoms with E-state index in [4.69, 9.17) is 34.7 Å². The fourth-order valence-corrected chi connectivity index (χ4v) is 4.93. The summed E-state index contributed by atoms with van der Waals surface area (Å²) in [4.78, 5) is 23.9. The van der Waals surface area contributed by atoms with E-state index in [9.17, 15) is 9.59 Å². The number of carbonyl (C=O) groups is 2. The van der Waals surface area contributed by atoms with Crippen molar-refractivity contribution in [2.45, 2.75) is 6.54 Å². The number of nitrogens with two attached hydrogens (primary N) is 2. The van der Waals surface area contributed by atoms with Gasteiger partial charge in [-0.25, -0.2) is 0 Å². The summed E-state index contributed by atoms with van der Waals surface area (Å²) in [5, 5.41) is 2.78. The summed E-state index contributed by atoms with van der Waals surface area (Å²) in [5.41, 5.74) is 16.5. The van der Waals surface area contributed by atoms with Crippen LogP contribution in [0.4, 0.5) is 0 Å². The van der Waals surface area contributed by atoms with Gasteiger partial charge in [-0.3, -0.25) is 9.59 Å². The molecule has 0 radical (unpaired) electrons. The number of fused-ring (bicyclic) bond motifs is 3. The maximum absolute atomic E-state index is 12.2. The van der Waals surface area contributed by atoms with E-state index in [1.165, 1.54) is 0 Å². The zero-order valence-corrected chi connectivity index (χ0v) is 19.4. The molecule has 168 valence electrons. The van der Waals surface area contributed by atoms with Crippen molar-refractivity contribution in [3.05, 3.63) is 106 Å². The van der Waals surface area contributed by atoms with Gasteiger partial charge in [0.25, 0.3) is 0 Å². The third-order valence-corrected chi connectivity index (χ3v) is 6.50. The van der Waals surface area contributed by atoms with E-state index in [1.807, 2.05) is 42.5 Å². The minimum absolute atomic E-state index is 0.435. The lowest BCUT2D eigenvalue weighted by Crippen LogP contribution is -2.12. The lowest BCUT2D eigenvalue weighted by Gasteiger charge is -2.11. The maximum atomic E-state index is 12.2. The first-order chi connectivity index (χ1) is 16.3. The Hall–Kier alpha value is -3.80. The Bertz CT molecular complexity index is 1620. The van der Waals surface area contributed by atoms with Crippen molar-refractivity contribution in [2.24, 2.45) is 11.5 Å². The molecule has 34 heavy (non-hydrogen) atoms. The Kier molecular flexibility index (Phi) is 5.52. The molecule has 0 bridgehead atoms. The van der Waals surface area contributed by atoms with Crippen molar-refractivity contribution >= 4 is 56.8 Å². The van der Waals surface area contributed by atoms with Crippen LogP contribution in [0.2, 0.25) is 10.0 Å². The summed E-state index contributed by atoms with van der Waals surface area (Å²) in [5.74, 6) is -0.982. The molecule has 0 spiro atoms. The number of nitrogens with zero attached hydrogens (tertiary/aromatic N) is 1. The molecular formula is C27H19Cl2N3O2. The predicted molar refractivity (Wildman–Crippen MR) is 137 cm³/mol. The number of amides is 2. The average molecular weight is 488 g/mol. The van der Waals surface area contributed by atoms with Crippen LogP contribution in [0.25, 0.3) is 32.9 Å². The van der Waals surface area contributed by atoms with Crippen LogP contribution in [-0.4, -0.2) is 16.4 Å². The van der Waals surface area contributed by atoms with Crippen molar-refractivity contribution in [3.8, 4) is 11.1 Å². The highest BCUT2D eigenvalue weighted by atomic mass is 35.5. The molecule has 0 saturated carbocycles. The van der Waals surface area contributed by atoms with E-state index in [0.717, 1.165) is 38.5 Å². The average Bonchev–Trinajstić information content (AvgIpc) is 3.12. The van der Waals surface area contributed by atoms with Crippen molar-refractivity contribution in [1.29, 1.82) is 0 Å². The molecular weight excluding hydrogens is 469 g/mol. The number of carbonyl (C=O) groups excluding carboxylic acids is 2. The van der Waals surface area contributed by atoms with Crippen molar-refractivity contribution in [1.82, 2.24) is 4.57 Å². The highest BCUT2D eigenvalue weighted by Gasteiger charge is 2.18. The molecule has 0 saturated heterocycles. The van der Waals surface area contributed by atoms with Gasteiger partial charge in [-0.1, -0.05) is 59.6 Å². The van der Waals surface area contributed by atoms with Crippen LogP contribution in [-0.2, 0) is 6.54 Å². The second-order valence-corrected chi connectivity index (χ2v) is 8.91. The molecule has 1 heterocycles. The number of primary amides is 2. The largest absolute Gasteiger partial charge is 0.366 e. The minimum atomic E-state index is -0.495. The summed E-state index contributed by atoms with van der Waals surface area (Å²) in [6.45, 7) is 0.459. The zero-order valence-electron chi connectivity index (χ0n) is 17.9. The Labute approximate surface area is 205 Å². The van der Waals surface area contributed by atoms with Gasteiger partial charge < -0.3 is 16.0 Å². The fourth-order valence-electron chi connectivity index (χ4n) is 4.42. The van der Waals surface area contributed by atoms with Gasteiger partial charge in [0.05, 0.1) is 11.0 Å². The molecule has 0 unspecified atom stereocenters. The van der Waals surface area contributed by atoms with Crippen molar-refractivity contribution < 1.29 is 9.59 Å². The molecule has 0 aliphatic rings. The Balaban J connectivity index is 1.79. The summed E-state index contributed by atoms with van der Waals surface area (Å²) in [7, 11) is 0. The Morgan fingerprint density at radius 3 is 2.32 bits per heavy atom. The van der Waals surface area contributed by atoms with E-state index in [2.05, 4.69) is 4.57 Å². The monoisotopic (exact) mass is 487 g/mol. The highest BCUT2D eigenvalue weighted by molar-refractivity contribution is 6.36. The van der Waals surface area contributed by atoms with Crippen LogP contribution < -0.4 is 11.5 Å². The SMILES string of the molecule is NC(=O)c1cccc(Cn2c3cc(-c4ccc(Cl)cc4Cl)ccc3c3c(C(N)=O)cccc32)c1. The number of rotatable bonds is 5. The molecule has 0 aliphatic carbocycles. The summed E-state index contributed by atoms with van der Waals surface area (Å²) in [6.07, 6.45) is 0. The molecule has 5 aromatic rings. The summed E-state index contributed by atoms with van der Waals surface area (Å²) < 4.78 is 2.10. The molecule has 4 aromatic carbocycles. The molecule has 2 amide bonds. The highest BCUT2D eigenvalue weighted by Crippen LogP contribution is 2.37. The van der Waals surface area contributed by atoms with Gasteiger partial charge in [0.1, 0.15) is 0 Å². The first-order valence-electron chi connectivity index (χ1n) is 10.5. The van der Waals surface area contributed by atoms with Gasteiger partial charge in [-0.15, -0.1) is 0 Å². The minimum Gasteiger partial charge on any atom is -0.366 e. The van der Waals surface area contributed by atoms with E-state index < -0.39 is 11.8 Å². The molecule has 0 fully saturated rings. The van der Waals surface area contributed by atoms with Gasteiger partial charge in [0.2, 0.25) is 11.8 Å². The number of aromatic nitrogens is 1. The van der Waals surface area contributed by atoms with Crippen LogP contribution in [0.1, 0.15) is 26.3 Å².